The van der Waals surface area contributed by atoms with E-state index in [1.807, 2.05) is 6.07 Å². The first-order valence-electron chi connectivity index (χ1n) is 9.19. The number of fused-ring (bicyclic) bond motifs is 1. The number of para-hydroxylation sites is 1. The van der Waals surface area contributed by atoms with Gasteiger partial charge in [0.05, 0.1) is 18.4 Å². The molecule has 0 unspecified atom stereocenters. The van der Waals surface area contributed by atoms with Crippen LogP contribution in [0.2, 0.25) is 0 Å². The Labute approximate surface area is 169 Å². The van der Waals surface area contributed by atoms with Crippen LogP contribution in [0.15, 0.2) is 35.1 Å². The number of ether oxygens (including phenoxy) is 1. The van der Waals surface area contributed by atoms with Crippen LogP contribution in [0.1, 0.15) is 33.6 Å². The minimum absolute atomic E-state index is 0.311. The van der Waals surface area contributed by atoms with Gasteiger partial charge in [-0.2, -0.15) is 9.36 Å². The number of carbonyl (C=O) groups is 2. The Kier molecular flexibility index (Phi) is 5.26. The zero-order valence-electron chi connectivity index (χ0n) is 15.8. The number of benzene rings is 1. The van der Waals surface area contributed by atoms with Gasteiger partial charge >= 0.3 is 11.7 Å². The molecule has 10 heteroatoms. The Hall–Kier alpha value is -3.27. The molecule has 2 aromatic heterocycles. The fraction of sp³-hybridized carbons (Fsp3) is 0.316. The molecule has 150 valence electrons. The Morgan fingerprint density at radius 3 is 2.69 bits per heavy atom. The summed E-state index contributed by atoms with van der Waals surface area (Å²) in [5.41, 5.74) is 1.41. The minimum atomic E-state index is -0.523. The van der Waals surface area contributed by atoms with Gasteiger partial charge in [-0.25, -0.2) is 9.59 Å². The highest BCUT2D eigenvalue weighted by Gasteiger charge is 2.27. The van der Waals surface area contributed by atoms with Crippen molar-refractivity contribution >= 4 is 28.2 Å². The third-order valence-electron chi connectivity index (χ3n) is 4.75. The number of nitrogens with zero attached hydrogens (tertiary/aromatic N) is 4. The van der Waals surface area contributed by atoms with Crippen LogP contribution in [0.3, 0.4) is 0 Å². The zero-order valence-corrected chi connectivity index (χ0v) is 16.6. The van der Waals surface area contributed by atoms with Crippen molar-refractivity contribution in [1.82, 2.24) is 19.8 Å². The van der Waals surface area contributed by atoms with Crippen molar-refractivity contribution in [2.75, 3.05) is 12.4 Å². The van der Waals surface area contributed by atoms with Crippen molar-refractivity contribution in [1.29, 1.82) is 0 Å². The monoisotopic (exact) mass is 413 g/mol. The van der Waals surface area contributed by atoms with Crippen LogP contribution in [-0.4, -0.2) is 38.8 Å². The van der Waals surface area contributed by atoms with Crippen molar-refractivity contribution in [3.8, 4) is 5.69 Å². The predicted octanol–water partition coefficient (Wildman–Crippen LogP) is 1.79. The zero-order chi connectivity index (χ0) is 20.4. The number of anilines is 1. The molecule has 1 N–H and O–H groups in total. The number of nitrogens with one attached hydrogen (secondary N) is 1. The summed E-state index contributed by atoms with van der Waals surface area (Å²) in [5.74, 6) is -0.928. The second-order valence-electron chi connectivity index (χ2n) is 6.62. The summed E-state index contributed by atoms with van der Waals surface area (Å²) >= 11 is 1.39. The summed E-state index contributed by atoms with van der Waals surface area (Å²) in [4.78, 5) is 38.4. The van der Waals surface area contributed by atoms with E-state index in [1.54, 1.807) is 24.3 Å². The molecule has 2 heterocycles. The highest BCUT2D eigenvalue weighted by molar-refractivity contribution is 7.17. The van der Waals surface area contributed by atoms with Gasteiger partial charge in [0.1, 0.15) is 11.5 Å². The Bertz CT molecular complexity index is 1120. The minimum Gasteiger partial charge on any atom is -0.465 e. The van der Waals surface area contributed by atoms with Crippen molar-refractivity contribution < 1.29 is 14.3 Å². The molecule has 0 aliphatic heterocycles. The maximum absolute atomic E-state index is 12.6. The van der Waals surface area contributed by atoms with E-state index in [9.17, 15) is 14.4 Å². The molecule has 4 rings (SSSR count). The summed E-state index contributed by atoms with van der Waals surface area (Å²) in [6, 6.07) is 8.82. The van der Waals surface area contributed by atoms with Crippen molar-refractivity contribution in [3.05, 3.63) is 56.8 Å². The number of rotatable bonds is 5. The first kappa shape index (κ1) is 19.1. The number of hydrogen-bond donors (Lipinski definition) is 1. The smallest absolute Gasteiger partial charge is 0.368 e. The molecule has 0 spiro atoms. The highest BCUT2D eigenvalue weighted by atomic mass is 32.1. The van der Waals surface area contributed by atoms with Gasteiger partial charge in [0.25, 0.3) is 0 Å². The summed E-state index contributed by atoms with van der Waals surface area (Å²) < 4.78 is 7.01. The number of hydrogen-bond acceptors (Lipinski definition) is 7. The van der Waals surface area contributed by atoms with E-state index in [0.717, 1.165) is 45.5 Å². The van der Waals surface area contributed by atoms with Gasteiger partial charge in [-0.05, 0) is 53.8 Å². The third-order valence-corrected chi connectivity index (χ3v) is 5.95. The Balaban J connectivity index is 1.56. The molecule has 0 fully saturated rings. The number of tetrazole rings is 1. The van der Waals surface area contributed by atoms with Crippen LogP contribution >= 0.6 is 11.3 Å². The molecule has 0 radical (unpaired) electrons. The van der Waals surface area contributed by atoms with Gasteiger partial charge in [-0.1, -0.05) is 18.2 Å². The summed E-state index contributed by atoms with van der Waals surface area (Å²) in [6.07, 6.45) is 3.72. The van der Waals surface area contributed by atoms with Crippen LogP contribution in [0, 0.1) is 0 Å². The largest absolute Gasteiger partial charge is 0.465 e. The summed E-state index contributed by atoms with van der Waals surface area (Å²) in [5, 5.41) is 10.8. The van der Waals surface area contributed by atoms with Gasteiger partial charge in [0.2, 0.25) is 5.91 Å². The highest BCUT2D eigenvalue weighted by Crippen LogP contribution is 2.38. The lowest BCUT2D eigenvalue weighted by Gasteiger charge is -2.11. The molecule has 3 aromatic rings. The Morgan fingerprint density at radius 2 is 1.93 bits per heavy atom. The van der Waals surface area contributed by atoms with E-state index in [2.05, 4.69) is 15.7 Å². The van der Waals surface area contributed by atoms with E-state index in [4.69, 9.17) is 4.74 Å². The maximum Gasteiger partial charge on any atom is 0.368 e. The number of amides is 1. The molecular weight excluding hydrogens is 394 g/mol. The van der Waals surface area contributed by atoms with Crippen molar-refractivity contribution in [2.45, 2.75) is 32.2 Å². The topological polar surface area (TPSA) is 108 Å². The number of esters is 1. The molecule has 1 aliphatic carbocycles. The lowest BCUT2D eigenvalue weighted by Crippen LogP contribution is -2.29. The van der Waals surface area contributed by atoms with Gasteiger partial charge < -0.3 is 10.1 Å². The Morgan fingerprint density at radius 1 is 1.17 bits per heavy atom. The molecule has 0 saturated heterocycles. The molecule has 0 atom stereocenters. The van der Waals surface area contributed by atoms with Crippen molar-refractivity contribution in [3.63, 3.8) is 0 Å². The number of thiophene rings is 1. The first-order chi connectivity index (χ1) is 14.1. The number of aromatic nitrogens is 4. The third kappa shape index (κ3) is 3.70. The van der Waals surface area contributed by atoms with Gasteiger partial charge in [-0.3, -0.25) is 4.79 Å². The van der Waals surface area contributed by atoms with E-state index in [0.29, 0.717) is 16.3 Å². The first-order valence-corrected chi connectivity index (χ1v) is 10.0. The van der Waals surface area contributed by atoms with E-state index in [1.165, 1.54) is 18.4 Å². The molecular formula is C19H19N5O4S. The lowest BCUT2D eigenvalue weighted by molar-refractivity contribution is -0.117. The number of aryl methyl sites for hydroxylation is 1. The van der Waals surface area contributed by atoms with Crippen LogP contribution in [0.4, 0.5) is 5.00 Å². The fourth-order valence-electron chi connectivity index (χ4n) is 3.38. The second kappa shape index (κ2) is 8.00. The normalized spacial score (nSPS) is 13.0. The molecule has 0 bridgehead atoms. The second-order valence-corrected chi connectivity index (χ2v) is 7.73. The molecule has 1 aliphatic rings. The molecule has 29 heavy (non-hydrogen) atoms. The average molecular weight is 413 g/mol. The van der Waals surface area contributed by atoms with Gasteiger partial charge in [0.15, 0.2) is 0 Å². The number of carbonyl (C=O) groups excluding carboxylic acids is 2. The van der Waals surface area contributed by atoms with Crippen LogP contribution in [0.5, 0.6) is 0 Å². The quantitative estimate of drug-likeness (QED) is 0.639. The van der Waals surface area contributed by atoms with E-state index in [-0.39, 0.29) is 6.54 Å². The number of methoxy groups -OCH3 is 1. The van der Waals surface area contributed by atoms with E-state index >= 15 is 0 Å². The SMILES string of the molecule is COC(=O)c1c(NC(=O)Cn2nnn(-c3ccccc3)c2=O)sc2c1CCCC2. The van der Waals surface area contributed by atoms with E-state index < -0.39 is 17.6 Å². The summed E-state index contributed by atoms with van der Waals surface area (Å²) in [6.45, 7) is -0.311. The molecule has 0 saturated carbocycles. The molecule has 1 aromatic carbocycles. The fourth-order valence-corrected chi connectivity index (χ4v) is 4.67. The molecule has 1 amide bonds. The van der Waals surface area contributed by atoms with Gasteiger partial charge in [-0.15, -0.1) is 11.3 Å². The molecule has 9 nitrogen and oxygen atoms in total. The van der Waals surface area contributed by atoms with Gasteiger partial charge in [0, 0.05) is 4.88 Å². The van der Waals surface area contributed by atoms with Crippen LogP contribution in [-0.2, 0) is 28.9 Å². The predicted molar refractivity (Wildman–Crippen MR) is 107 cm³/mol. The average Bonchev–Trinajstić information content (AvgIpc) is 3.28. The summed E-state index contributed by atoms with van der Waals surface area (Å²) in [7, 11) is 1.32. The maximum atomic E-state index is 12.6. The van der Waals surface area contributed by atoms with Crippen molar-refractivity contribution in [2.24, 2.45) is 0 Å². The standard InChI is InChI=1S/C19H19N5O4S/c1-28-18(26)16-13-9-5-6-10-14(13)29-17(16)20-15(25)11-23-19(27)24(22-21-23)12-7-3-2-4-8-12/h2-4,7-8H,5-6,9-11H2,1H3,(H,20,25). The lowest BCUT2D eigenvalue weighted by atomic mass is 9.95. The van der Waals surface area contributed by atoms with Crippen LogP contribution < -0.4 is 11.0 Å². The van der Waals surface area contributed by atoms with Crippen LogP contribution in [0.25, 0.3) is 5.69 Å².